The predicted octanol–water partition coefficient (Wildman–Crippen LogP) is 3.76. The summed E-state index contributed by atoms with van der Waals surface area (Å²) in [5, 5.41) is 22.1. The fourth-order valence-corrected chi connectivity index (χ4v) is 1.73. The third-order valence-corrected chi connectivity index (χ3v) is 3.35. The molecule has 0 atom stereocenters. The van der Waals surface area contributed by atoms with Crippen molar-refractivity contribution in [2.45, 2.75) is 65.7 Å². The Kier molecular flexibility index (Phi) is 8.56. The summed E-state index contributed by atoms with van der Waals surface area (Å²) in [6.45, 7) is 14.1. The van der Waals surface area contributed by atoms with Crippen LogP contribution in [0.1, 0.15) is 77.8 Å². The van der Waals surface area contributed by atoms with Gasteiger partial charge < -0.3 is 13.9 Å². The molecule has 9 heteroatoms. The molecule has 3 aromatic heterocycles. The summed E-state index contributed by atoms with van der Waals surface area (Å²) in [6, 6.07) is 1.31. The Morgan fingerprint density at radius 2 is 1.79 bits per heavy atom. The van der Waals surface area contributed by atoms with E-state index in [1.54, 1.807) is 12.5 Å². The van der Waals surface area contributed by atoms with Crippen molar-refractivity contribution in [1.29, 1.82) is 0 Å². The van der Waals surface area contributed by atoms with Crippen LogP contribution in [0.4, 0.5) is 0 Å². The third-order valence-electron chi connectivity index (χ3n) is 3.35. The maximum Gasteiger partial charge on any atom is 0.226 e. The van der Waals surface area contributed by atoms with Gasteiger partial charge in [0.15, 0.2) is 17.5 Å². The quantitative estimate of drug-likeness (QED) is 0.675. The van der Waals surface area contributed by atoms with Crippen molar-refractivity contribution in [2.24, 2.45) is 0 Å². The van der Waals surface area contributed by atoms with Gasteiger partial charge in [-0.1, -0.05) is 53.7 Å². The van der Waals surface area contributed by atoms with Crippen molar-refractivity contribution >= 4 is 0 Å². The van der Waals surface area contributed by atoms with E-state index in [0.29, 0.717) is 11.7 Å². The highest BCUT2D eigenvalue weighted by Gasteiger charge is 2.17. The molecule has 0 aliphatic carbocycles. The molecule has 3 heterocycles. The third kappa shape index (κ3) is 7.73. The molecule has 3 rings (SSSR count). The van der Waals surface area contributed by atoms with Crippen molar-refractivity contribution in [3.8, 4) is 5.75 Å². The van der Waals surface area contributed by atoms with Crippen LogP contribution in [-0.4, -0.2) is 30.7 Å². The van der Waals surface area contributed by atoms with E-state index < -0.39 is 0 Å². The normalized spacial score (nSPS) is 10.9. The maximum atomic E-state index is 10.8. The number of rotatable bonds is 2. The van der Waals surface area contributed by atoms with Gasteiger partial charge in [0.05, 0.1) is 6.20 Å². The average Bonchev–Trinajstić information content (AvgIpc) is 3.31. The van der Waals surface area contributed by atoms with E-state index in [0.717, 1.165) is 18.0 Å². The van der Waals surface area contributed by atoms with Crippen LogP contribution in [0.15, 0.2) is 38.4 Å². The van der Waals surface area contributed by atoms with Gasteiger partial charge in [0, 0.05) is 23.3 Å². The Hall–Kier alpha value is -2.97. The predicted molar refractivity (Wildman–Crippen MR) is 104 cm³/mol. The van der Waals surface area contributed by atoms with Crippen LogP contribution >= 0.6 is 0 Å². The molecule has 0 spiro atoms. The zero-order valence-corrected chi connectivity index (χ0v) is 17.4. The van der Waals surface area contributed by atoms with E-state index in [-0.39, 0.29) is 22.5 Å². The molecule has 0 bridgehead atoms. The van der Waals surface area contributed by atoms with Crippen LogP contribution in [0, 0.1) is 0 Å². The van der Waals surface area contributed by atoms with Crippen molar-refractivity contribution in [1.82, 2.24) is 25.6 Å². The SMILES string of the molecule is CC(C)(C)c1ncco1.CC(C)c1cc(=O)c(O)co1.CC(C)c1nn[nH]n1. The Morgan fingerprint density at radius 3 is 2.11 bits per heavy atom. The van der Waals surface area contributed by atoms with E-state index in [9.17, 15) is 4.79 Å². The molecule has 9 nitrogen and oxygen atoms in total. The molecule has 0 aromatic carbocycles. The van der Waals surface area contributed by atoms with Gasteiger partial charge in [-0.05, 0) is 0 Å². The van der Waals surface area contributed by atoms with Crippen LogP contribution in [0.3, 0.4) is 0 Å². The number of nitrogens with zero attached hydrogens (tertiary/aromatic N) is 4. The summed E-state index contributed by atoms with van der Waals surface area (Å²) in [5.41, 5.74) is -0.344. The summed E-state index contributed by atoms with van der Waals surface area (Å²) in [7, 11) is 0. The van der Waals surface area contributed by atoms with Crippen LogP contribution in [0.5, 0.6) is 5.75 Å². The van der Waals surface area contributed by atoms with Gasteiger partial charge in [-0.3, -0.25) is 4.79 Å². The second-order valence-corrected chi connectivity index (χ2v) is 7.70. The molecule has 0 amide bonds. The molecular weight excluding hydrogens is 362 g/mol. The molecule has 0 fully saturated rings. The zero-order valence-electron chi connectivity index (χ0n) is 17.4. The summed E-state index contributed by atoms with van der Waals surface area (Å²) in [5.74, 6) is 2.35. The number of tetrazole rings is 1. The molecule has 28 heavy (non-hydrogen) atoms. The number of H-pyrrole nitrogens is 1. The summed E-state index contributed by atoms with van der Waals surface area (Å²) >= 11 is 0. The van der Waals surface area contributed by atoms with Gasteiger partial charge in [-0.25, -0.2) is 4.98 Å². The first kappa shape index (κ1) is 23.1. The Balaban J connectivity index is 0.000000213. The van der Waals surface area contributed by atoms with E-state index >= 15 is 0 Å². The number of aromatic amines is 1. The van der Waals surface area contributed by atoms with E-state index in [4.69, 9.17) is 13.9 Å². The smallest absolute Gasteiger partial charge is 0.226 e. The molecule has 0 aliphatic heterocycles. The zero-order chi connectivity index (χ0) is 21.3. The van der Waals surface area contributed by atoms with Gasteiger partial charge in [0.25, 0.3) is 0 Å². The van der Waals surface area contributed by atoms with Gasteiger partial charge in [0.1, 0.15) is 18.3 Å². The van der Waals surface area contributed by atoms with Gasteiger partial charge in [0.2, 0.25) is 5.43 Å². The van der Waals surface area contributed by atoms with Crippen molar-refractivity contribution in [3.63, 3.8) is 0 Å². The monoisotopic (exact) mass is 391 g/mol. The number of oxazole rings is 1. The molecule has 154 valence electrons. The van der Waals surface area contributed by atoms with Crippen molar-refractivity contribution < 1.29 is 13.9 Å². The summed E-state index contributed by atoms with van der Waals surface area (Å²) < 4.78 is 10.0. The lowest BCUT2D eigenvalue weighted by Gasteiger charge is -2.11. The summed E-state index contributed by atoms with van der Waals surface area (Å²) in [4.78, 5) is 14.9. The average molecular weight is 391 g/mol. The first-order chi connectivity index (χ1) is 13.0. The van der Waals surface area contributed by atoms with E-state index in [1.807, 2.05) is 27.7 Å². The molecule has 0 saturated carbocycles. The number of hydrogen-bond donors (Lipinski definition) is 2. The number of hydrogen-bond acceptors (Lipinski definition) is 8. The van der Waals surface area contributed by atoms with Crippen LogP contribution in [0.25, 0.3) is 0 Å². The minimum atomic E-state index is -0.389. The number of aromatic hydroxyl groups is 1. The van der Waals surface area contributed by atoms with Crippen LogP contribution in [-0.2, 0) is 5.41 Å². The highest BCUT2D eigenvalue weighted by Crippen LogP contribution is 2.18. The van der Waals surface area contributed by atoms with E-state index in [2.05, 4.69) is 46.4 Å². The standard InChI is InChI=1S/C8H10O3.C7H11NO.C4H8N4/c1-5(2)8-3-6(9)7(10)4-11-8;1-7(2,3)6-8-4-5-9-6;1-3(2)4-5-7-8-6-4/h3-5,10H,1-2H3;4-5H,1-3H3;3H,1-2H3,(H,5,6,7,8). The van der Waals surface area contributed by atoms with Gasteiger partial charge >= 0.3 is 0 Å². The largest absolute Gasteiger partial charge is 0.502 e. The maximum absolute atomic E-state index is 10.8. The Morgan fingerprint density at radius 1 is 1.11 bits per heavy atom. The molecule has 0 saturated heterocycles. The molecule has 2 N–H and O–H groups in total. The first-order valence-electron chi connectivity index (χ1n) is 8.97. The molecular formula is C19H29N5O4. The van der Waals surface area contributed by atoms with Gasteiger partial charge in [-0.2, -0.15) is 5.21 Å². The summed E-state index contributed by atoms with van der Waals surface area (Å²) in [6.07, 6.45) is 4.33. The lowest BCUT2D eigenvalue weighted by atomic mass is 9.97. The Labute approximate surface area is 164 Å². The minimum Gasteiger partial charge on any atom is -0.502 e. The highest BCUT2D eigenvalue weighted by molar-refractivity contribution is 5.16. The van der Waals surface area contributed by atoms with Gasteiger partial charge in [-0.15, -0.1) is 10.2 Å². The molecule has 0 aliphatic rings. The lowest BCUT2D eigenvalue weighted by molar-refractivity contribution is 0.392. The number of aromatic nitrogens is 5. The lowest BCUT2D eigenvalue weighted by Crippen LogP contribution is -2.10. The van der Waals surface area contributed by atoms with Crippen LogP contribution in [0.2, 0.25) is 0 Å². The minimum absolute atomic E-state index is 0.0451. The van der Waals surface area contributed by atoms with Crippen molar-refractivity contribution in [2.75, 3.05) is 0 Å². The molecule has 0 unspecified atom stereocenters. The topological polar surface area (TPSA) is 131 Å². The first-order valence-corrected chi connectivity index (χ1v) is 8.97. The van der Waals surface area contributed by atoms with Crippen molar-refractivity contribution in [3.05, 3.63) is 52.5 Å². The fraction of sp³-hybridized carbons (Fsp3) is 0.526. The molecule has 0 radical (unpaired) electrons. The Bertz CT molecular complexity index is 847. The van der Waals surface area contributed by atoms with E-state index in [1.165, 1.54) is 6.07 Å². The fourth-order valence-electron chi connectivity index (χ4n) is 1.73. The number of nitrogens with one attached hydrogen (secondary N) is 1. The molecule has 3 aromatic rings. The van der Waals surface area contributed by atoms with Crippen LogP contribution < -0.4 is 5.43 Å². The second-order valence-electron chi connectivity index (χ2n) is 7.70. The second kappa shape index (κ2) is 10.4. The highest BCUT2D eigenvalue weighted by atomic mass is 16.4.